The van der Waals surface area contributed by atoms with Crippen molar-refractivity contribution in [1.82, 2.24) is 16.0 Å². The average molecular weight is 426 g/mol. The van der Waals surface area contributed by atoms with Crippen molar-refractivity contribution in [2.75, 3.05) is 12.8 Å². The van der Waals surface area contributed by atoms with E-state index in [-0.39, 0.29) is 36.5 Å². The second-order valence-corrected chi connectivity index (χ2v) is 6.92. The number of carbonyl (C=O) groups excluding carboxylic acids is 3. The van der Waals surface area contributed by atoms with Gasteiger partial charge in [-0.25, -0.2) is 0 Å². The van der Waals surface area contributed by atoms with Crippen molar-refractivity contribution in [3.63, 3.8) is 0 Å². The van der Waals surface area contributed by atoms with E-state index in [4.69, 9.17) is 5.11 Å². The fraction of sp³-hybridized carbons (Fsp3) is 0.474. The molecule has 0 aliphatic carbocycles. The first-order valence-electron chi connectivity index (χ1n) is 9.07. The maximum Gasteiger partial charge on any atom is 0.303 e. The molecule has 0 radical (unpaired) electrons. The van der Waals surface area contributed by atoms with Gasteiger partial charge in [-0.2, -0.15) is 12.6 Å². The fourth-order valence-corrected chi connectivity index (χ4v) is 2.92. The summed E-state index contributed by atoms with van der Waals surface area (Å²) in [6.07, 6.45) is -0.211. The van der Waals surface area contributed by atoms with Crippen LogP contribution in [0.3, 0.4) is 0 Å². The Labute approximate surface area is 174 Å². The van der Waals surface area contributed by atoms with Crippen LogP contribution in [0.1, 0.15) is 25.3 Å². The molecule has 160 valence electrons. The van der Waals surface area contributed by atoms with Crippen molar-refractivity contribution >= 4 is 36.2 Å². The number of carbonyl (C=O) groups is 4. The van der Waals surface area contributed by atoms with Gasteiger partial charge in [0.2, 0.25) is 11.8 Å². The standard InChI is InChI=1S/C19H27N3O6S/c1-11(23)14(7-8-17(25)26)21-18(27)15(22-19(28)16(10-29)20-2)9-12-3-5-13(24)6-4-12/h3-6,14-16,20,24,29H,7-10H2,1-2H3,(H,21,27)(H,22,28)(H,25,26)/t14-,15-,16-/m0/s1. The number of phenolic OH excluding ortho intramolecular Hbond substituents is 1. The Hall–Kier alpha value is -2.59. The van der Waals surface area contributed by atoms with Crippen molar-refractivity contribution in [1.29, 1.82) is 0 Å². The Balaban J connectivity index is 2.98. The van der Waals surface area contributed by atoms with Gasteiger partial charge in [0.1, 0.15) is 11.8 Å². The number of benzene rings is 1. The largest absolute Gasteiger partial charge is 0.508 e. The van der Waals surface area contributed by atoms with Gasteiger partial charge in [0, 0.05) is 18.6 Å². The highest BCUT2D eigenvalue weighted by molar-refractivity contribution is 7.80. The summed E-state index contributed by atoms with van der Waals surface area (Å²) in [5.41, 5.74) is 0.681. The van der Waals surface area contributed by atoms with E-state index in [0.29, 0.717) is 5.56 Å². The highest BCUT2D eigenvalue weighted by atomic mass is 32.1. The molecule has 0 aromatic heterocycles. The number of amides is 2. The number of nitrogens with one attached hydrogen (secondary N) is 3. The molecule has 0 aliphatic heterocycles. The summed E-state index contributed by atoms with van der Waals surface area (Å²) in [5, 5.41) is 26.2. The van der Waals surface area contributed by atoms with Gasteiger partial charge < -0.3 is 26.2 Å². The van der Waals surface area contributed by atoms with Crippen LogP contribution in [-0.2, 0) is 25.6 Å². The van der Waals surface area contributed by atoms with Crippen LogP contribution in [0.25, 0.3) is 0 Å². The lowest BCUT2D eigenvalue weighted by Crippen LogP contribution is -2.55. The van der Waals surface area contributed by atoms with Crippen molar-refractivity contribution in [2.24, 2.45) is 0 Å². The molecule has 2 amide bonds. The molecule has 0 fully saturated rings. The number of phenols is 1. The molecule has 29 heavy (non-hydrogen) atoms. The molecule has 0 saturated carbocycles. The van der Waals surface area contributed by atoms with E-state index in [1.165, 1.54) is 19.1 Å². The maximum absolute atomic E-state index is 12.8. The van der Waals surface area contributed by atoms with Crippen LogP contribution in [0, 0.1) is 0 Å². The van der Waals surface area contributed by atoms with Crippen LogP contribution >= 0.6 is 12.6 Å². The van der Waals surface area contributed by atoms with E-state index >= 15 is 0 Å². The van der Waals surface area contributed by atoms with Gasteiger partial charge in [0.15, 0.2) is 5.78 Å². The molecule has 0 saturated heterocycles. The zero-order valence-corrected chi connectivity index (χ0v) is 17.2. The maximum atomic E-state index is 12.8. The normalized spacial score (nSPS) is 13.8. The van der Waals surface area contributed by atoms with Gasteiger partial charge in [-0.15, -0.1) is 0 Å². The number of Topliss-reactive ketones (excluding diaryl/α,β-unsaturated/α-hetero) is 1. The summed E-state index contributed by atoms with van der Waals surface area (Å²) in [6.45, 7) is 1.26. The number of ketones is 1. The van der Waals surface area contributed by atoms with E-state index in [2.05, 4.69) is 28.6 Å². The van der Waals surface area contributed by atoms with Crippen LogP contribution in [0.5, 0.6) is 5.75 Å². The van der Waals surface area contributed by atoms with Crippen molar-refractivity contribution in [3.8, 4) is 5.75 Å². The molecule has 5 N–H and O–H groups in total. The SMILES string of the molecule is CN[C@@H](CS)C(=O)N[C@@H](Cc1ccc(O)cc1)C(=O)N[C@@H](CCC(=O)O)C(C)=O. The first-order chi connectivity index (χ1) is 13.7. The summed E-state index contributed by atoms with van der Waals surface area (Å²) >= 11 is 4.10. The van der Waals surface area contributed by atoms with Gasteiger partial charge in [0.05, 0.1) is 12.1 Å². The fourth-order valence-electron chi connectivity index (χ4n) is 2.57. The lowest BCUT2D eigenvalue weighted by atomic mass is 10.0. The molecule has 0 heterocycles. The Kier molecular flexibility index (Phi) is 10.2. The van der Waals surface area contributed by atoms with Gasteiger partial charge in [0.25, 0.3) is 0 Å². The summed E-state index contributed by atoms with van der Waals surface area (Å²) in [7, 11) is 1.59. The Morgan fingerprint density at radius 3 is 2.03 bits per heavy atom. The number of carboxylic acid groups (broad SMARTS) is 1. The predicted octanol–water partition coefficient (Wildman–Crippen LogP) is -0.124. The van der Waals surface area contributed by atoms with Crippen molar-refractivity contribution in [2.45, 2.75) is 44.3 Å². The van der Waals surface area contributed by atoms with Gasteiger partial charge in [-0.1, -0.05) is 12.1 Å². The molecular weight excluding hydrogens is 398 g/mol. The van der Waals surface area contributed by atoms with Crippen LogP contribution in [0.2, 0.25) is 0 Å². The molecule has 0 spiro atoms. The van der Waals surface area contributed by atoms with Crippen molar-refractivity contribution in [3.05, 3.63) is 29.8 Å². The second kappa shape index (κ2) is 12.1. The third-order valence-corrected chi connectivity index (χ3v) is 4.68. The Bertz CT molecular complexity index is 721. The van der Waals surface area contributed by atoms with E-state index in [1.54, 1.807) is 19.2 Å². The van der Waals surface area contributed by atoms with E-state index in [0.717, 1.165) is 0 Å². The summed E-state index contributed by atoms with van der Waals surface area (Å²) < 4.78 is 0. The summed E-state index contributed by atoms with van der Waals surface area (Å²) in [5.74, 6) is -2.22. The average Bonchev–Trinajstić information content (AvgIpc) is 2.66. The van der Waals surface area contributed by atoms with Gasteiger partial charge >= 0.3 is 5.97 Å². The molecular formula is C19H27N3O6S. The molecule has 0 aliphatic rings. The number of aliphatic carboxylic acids is 1. The number of aromatic hydroxyl groups is 1. The predicted molar refractivity (Wildman–Crippen MR) is 110 cm³/mol. The van der Waals surface area contributed by atoms with E-state index in [1.807, 2.05) is 0 Å². The molecule has 0 bridgehead atoms. The first kappa shape index (κ1) is 24.4. The lowest BCUT2D eigenvalue weighted by Gasteiger charge is -2.24. The number of rotatable bonds is 12. The minimum Gasteiger partial charge on any atom is -0.508 e. The Morgan fingerprint density at radius 2 is 1.55 bits per heavy atom. The monoisotopic (exact) mass is 425 g/mol. The third kappa shape index (κ3) is 8.53. The molecule has 3 atom stereocenters. The minimum absolute atomic E-state index is 0.0495. The lowest BCUT2D eigenvalue weighted by molar-refractivity contribution is -0.137. The zero-order valence-electron chi connectivity index (χ0n) is 16.3. The number of carboxylic acids is 1. The molecule has 1 rings (SSSR count). The molecule has 0 unspecified atom stereocenters. The zero-order chi connectivity index (χ0) is 22.0. The second-order valence-electron chi connectivity index (χ2n) is 6.56. The highest BCUT2D eigenvalue weighted by Crippen LogP contribution is 2.12. The number of hydrogen-bond donors (Lipinski definition) is 6. The first-order valence-corrected chi connectivity index (χ1v) is 9.70. The number of hydrogen-bond acceptors (Lipinski definition) is 7. The minimum atomic E-state index is -1.08. The smallest absolute Gasteiger partial charge is 0.303 e. The quantitative estimate of drug-likeness (QED) is 0.256. The van der Waals surface area contributed by atoms with Gasteiger partial charge in [-0.3, -0.25) is 19.2 Å². The van der Waals surface area contributed by atoms with Crippen LogP contribution in [0.4, 0.5) is 0 Å². The summed E-state index contributed by atoms with van der Waals surface area (Å²) in [6, 6.07) is 3.55. The molecule has 10 heteroatoms. The topological polar surface area (TPSA) is 145 Å². The number of likely N-dealkylation sites (N-methyl/N-ethyl adjacent to an activating group) is 1. The third-order valence-electron chi connectivity index (χ3n) is 4.31. The van der Waals surface area contributed by atoms with Crippen LogP contribution in [0.15, 0.2) is 24.3 Å². The van der Waals surface area contributed by atoms with Crippen molar-refractivity contribution < 1.29 is 29.4 Å². The van der Waals surface area contributed by atoms with E-state index in [9.17, 15) is 24.3 Å². The van der Waals surface area contributed by atoms with Gasteiger partial charge in [-0.05, 0) is 38.1 Å². The van der Waals surface area contributed by atoms with Crippen LogP contribution < -0.4 is 16.0 Å². The molecule has 1 aromatic carbocycles. The molecule has 1 aromatic rings. The van der Waals surface area contributed by atoms with Crippen LogP contribution in [-0.4, -0.2) is 64.7 Å². The molecule has 9 nitrogen and oxygen atoms in total. The van der Waals surface area contributed by atoms with E-state index < -0.39 is 35.9 Å². The highest BCUT2D eigenvalue weighted by Gasteiger charge is 2.27. The number of thiol groups is 1. The summed E-state index contributed by atoms with van der Waals surface area (Å²) in [4.78, 5) is 47.8. The Morgan fingerprint density at radius 1 is 1.00 bits per heavy atom.